The van der Waals surface area contributed by atoms with Gasteiger partial charge in [-0.3, -0.25) is 4.79 Å². The van der Waals surface area contributed by atoms with Crippen LogP contribution in [0.4, 0.5) is 10.1 Å². The summed E-state index contributed by atoms with van der Waals surface area (Å²) in [7, 11) is 1.47. The van der Waals surface area contributed by atoms with Gasteiger partial charge >= 0.3 is 0 Å². The number of hydrogen-bond acceptors (Lipinski definition) is 4. The maximum Gasteiger partial charge on any atom is 0.230 e. The number of halogens is 1. The molecule has 4 nitrogen and oxygen atoms in total. The average Bonchev–Trinajstić information content (AvgIpc) is 2.92. The molecule has 0 aliphatic rings. The van der Waals surface area contributed by atoms with Crippen molar-refractivity contribution in [3.05, 3.63) is 59.6 Å². The van der Waals surface area contributed by atoms with Crippen molar-refractivity contribution in [3.63, 3.8) is 0 Å². The van der Waals surface area contributed by atoms with Gasteiger partial charge in [-0.2, -0.15) is 0 Å². The summed E-state index contributed by atoms with van der Waals surface area (Å²) in [6, 6.07) is 10.9. The van der Waals surface area contributed by atoms with Crippen LogP contribution in [0, 0.1) is 5.82 Å². The molecule has 21 heavy (non-hydrogen) atoms. The number of ether oxygens (including phenoxy) is 1. The Morgan fingerprint density at radius 2 is 2.00 bits per heavy atom. The number of para-hydroxylation sites is 2. The summed E-state index contributed by atoms with van der Waals surface area (Å²) in [4.78, 5) is 12.5. The van der Waals surface area contributed by atoms with Crippen LogP contribution in [0.15, 0.2) is 46.9 Å². The van der Waals surface area contributed by atoms with Crippen molar-refractivity contribution in [2.24, 2.45) is 0 Å². The van der Waals surface area contributed by atoms with E-state index in [0.29, 0.717) is 11.1 Å². The number of furan rings is 1. The molecule has 0 saturated carbocycles. The minimum absolute atomic E-state index is 0.0371. The van der Waals surface area contributed by atoms with Crippen molar-refractivity contribution in [1.82, 2.24) is 0 Å². The maximum absolute atomic E-state index is 13.6. The number of nitrogen functional groups attached to an aromatic ring is 1. The highest BCUT2D eigenvalue weighted by atomic mass is 19.1. The first-order chi connectivity index (χ1) is 10.1. The van der Waals surface area contributed by atoms with Crippen molar-refractivity contribution in [3.8, 4) is 5.75 Å². The molecule has 0 radical (unpaired) electrons. The second-order valence-electron chi connectivity index (χ2n) is 4.52. The second kappa shape index (κ2) is 4.94. The molecule has 3 rings (SSSR count). The number of methoxy groups -OCH3 is 1. The first kappa shape index (κ1) is 13.2. The van der Waals surface area contributed by atoms with Gasteiger partial charge in [0.25, 0.3) is 0 Å². The van der Waals surface area contributed by atoms with Crippen LogP contribution in [0.5, 0.6) is 5.75 Å². The highest BCUT2D eigenvalue weighted by Gasteiger charge is 2.19. The van der Waals surface area contributed by atoms with E-state index in [-0.39, 0.29) is 22.6 Å². The molecule has 2 aromatic carbocycles. The Bertz CT molecular complexity index is 839. The number of benzene rings is 2. The van der Waals surface area contributed by atoms with E-state index in [9.17, 15) is 9.18 Å². The molecule has 3 aromatic rings. The molecule has 0 bridgehead atoms. The van der Waals surface area contributed by atoms with Crippen molar-refractivity contribution in [1.29, 1.82) is 0 Å². The number of fused-ring (bicyclic) bond motifs is 1. The summed E-state index contributed by atoms with van der Waals surface area (Å²) in [5, 5.41) is 0.528. The maximum atomic E-state index is 13.6. The number of carbonyl (C=O) groups excluding carboxylic acids is 1. The zero-order chi connectivity index (χ0) is 15.0. The van der Waals surface area contributed by atoms with Crippen LogP contribution in [0.3, 0.4) is 0 Å². The summed E-state index contributed by atoms with van der Waals surface area (Å²) in [5.74, 6) is -0.481. The van der Waals surface area contributed by atoms with Crippen LogP contribution in [-0.4, -0.2) is 12.9 Å². The van der Waals surface area contributed by atoms with Gasteiger partial charge in [-0.05, 0) is 24.3 Å². The zero-order valence-electron chi connectivity index (χ0n) is 11.2. The topological polar surface area (TPSA) is 65.5 Å². The van der Waals surface area contributed by atoms with E-state index in [1.165, 1.54) is 19.2 Å². The summed E-state index contributed by atoms with van der Waals surface area (Å²) in [6.07, 6.45) is 0. The summed E-state index contributed by atoms with van der Waals surface area (Å²) < 4.78 is 24.0. The lowest BCUT2D eigenvalue weighted by atomic mass is 10.1. The lowest BCUT2D eigenvalue weighted by molar-refractivity contribution is 0.101. The highest BCUT2D eigenvalue weighted by molar-refractivity contribution is 6.12. The Morgan fingerprint density at radius 1 is 1.24 bits per heavy atom. The van der Waals surface area contributed by atoms with Crippen molar-refractivity contribution in [2.45, 2.75) is 0 Å². The van der Waals surface area contributed by atoms with E-state index in [1.54, 1.807) is 30.3 Å². The minimum Gasteiger partial charge on any atom is -0.495 e. The smallest absolute Gasteiger partial charge is 0.230 e. The van der Waals surface area contributed by atoms with Crippen molar-refractivity contribution < 1.29 is 18.3 Å². The molecule has 0 atom stereocenters. The fraction of sp³-hybridized carbons (Fsp3) is 0.0625. The molecule has 2 N–H and O–H groups in total. The number of anilines is 1. The van der Waals surface area contributed by atoms with Crippen LogP contribution < -0.4 is 10.5 Å². The third kappa shape index (κ3) is 2.12. The van der Waals surface area contributed by atoms with E-state index >= 15 is 0 Å². The van der Waals surface area contributed by atoms with Gasteiger partial charge in [0.15, 0.2) is 17.2 Å². The van der Waals surface area contributed by atoms with Gasteiger partial charge in [0.05, 0.1) is 18.4 Å². The van der Waals surface area contributed by atoms with Gasteiger partial charge in [-0.1, -0.05) is 18.2 Å². The predicted octanol–water partition coefficient (Wildman–Crippen LogP) is 3.39. The summed E-state index contributed by atoms with van der Waals surface area (Å²) >= 11 is 0. The van der Waals surface area contributed by atoms with Crippen LogP contribution in [0.2, 0.25) is 0 Å². The van der Waals surface area contributed by atoms with E-state index < -0.39 is 11.6 Å². The van der Waals surface area contributed by atoms with Gasteiger partial charge in [0.1, 0.15) is 5.75 Å². The normalized spacial score (nSPS) is 10.8. The quantitative estimate of drug-likeness (QED) is 0.591. The SMILES string of the molecule is COc1cccc(C(=O)c2cc3cccc(F)c3o2)c1N. The Kier molecular flexibility index (Phi) is 3.10. The van der Waals surface area contributed by atoms with E-state index in [1.807, 2.05) is 0 Å². The molecule has 106 valence electrons. The Morgan fingerprint density at radius 3 is 2.71 bits per heavy atom. The fourth-order valence-corrected chi connectivity index (χ4v) is 2.19. The van der Waals surface area contributed by atoms with Crippen LogP contribution in [0.25, 0.3) is 11.0 Å². The molecule has 0 saturated heterocycles. The standard InChI is InChI=1S/C16H12FNO3/c1-20-12-7-3-5-10(14(12)18)15(19)13-8-9-4-2-6-11(17)16(9)21-13/h2-8H,18H2,1H3. The summed E-state index contributed by atoms with van der Waals surface area (Å²) in [5.41, 5.74) is 6.44. The molecule has 0 amide bonds. The molecule has 1 aromatic heterocycles. The second-order valence-corrected chi connectivity index (χ2v) is 4.52. The Balaban J connectivity index is 2.11. The van der Waals surface area contributed by atoms with Crippen LogP contribution in [0.1, 0.15) is 16.1 Å². The zero-order valence-corrected chi connectivity index (χ0v) is 11.2. The Labute approximate surface area is 119 Å². The van der Waals surface area contributed by atoms with Gasteiger partial charge in [-0.25, -0.2) is 4.39 Å². The molecular weight excluding hydrogens is 273 g/mol. The molecule has 0 fully saturated rings. The predicted molar refractivity (Wildman–Crippen MR) is 77.0 cm³/mol. The van der Waals surface area contributed by atoms with Crippen molar-refractivity contribution in [2.75, 3.05) is 12.8 Å². The lowest BCUT2D eigenvalue weighted by Gasteiger charge is -2.07. The van der Waals surface area contributed by atoms with E-state index in [2.05, 4.69) is 0 Å². The number of hydrogen-bond donors (Lipinski definition) is 1. The number of ketones is 1. The first-order valence-electron chi connectivity index (χ1n) is 6.27. The minimum atomic E-state index is -0.509. The highest BCUT2D eigenvalue weighted by Crippen LogP contribution is 2.29. The first-order valence-corrected chi connectivity index (χ1v) is 6.27. The third-order valence-electron chi connectivity index (χ3n) is 3.25. The average molecular weight is 285 g/mol. The molecule has 0 aliphatic heterocycles. The lowest BCUT2D eigenvalue weighted by Crippen LogP contribution is -2.05. The fourth-order valence-electron chi connectivity index (χ4n) is 2.19. The molecule has 1 heterocycles. The number of carbonyl (C=O) groups is 1. The van der Waals surface area contributed by atoms with Crippen LogP contribution >= 0.6 is 0 Å². The van der Waals surface area contributed by atoms with Crippen LogP contribution in [-0.2, 0) is 0 Å². The number of nitrogens with two attached hydrogens (primary N) is 1. The molecule has 0 spiro atoms. The van der Waals surface area contributed by atoms with Gasteiger partial charge < -0.3 is 14.9 Å². The third-order valence-corrected chi connectivity index (χ3v) is 3.25. The summed E-state index contributed by atoms with van der Waals surface area (Å²) in [6.45, 7) is 0. The van der Waals surface area contributed by atoms with E-state index in [0.717, 1.165) is 0 Å². The van der Waals surface area contributed by atoms with Crippen molar-refractivity contribution >= 4 is 22.4 Å². The Hall–Kier alpha value is -2.82. The molecule has 5 heteroatoms. The molecule has 0 unspecified atom stereocenters. The number of rotatable bonds is 3. The van der Waals surface area contributed by atoms with E-state index in [4.69, 9.17) is 14.9 Å². The molecule has 0 aliphatic carbocycles. The van der Waals surface area contributed by atoms with Gasteiger partial charge in [0, 0.05) is 5.39 Å². The van der Waals surface area contributed by atoms with Gasteiger partial charge in [-0.15, -0.1) is 0 Å². The largest absolute Gasteiger partial charge is 0.495 e. The molecular formula is C16H12FNO3. The van der Waals surface area contributed by atoms with Gasteiger partial charge in [0.2, 0.25) is 5.78 Å². The monoisotopic (exact) mass is 285 g/mol.